The second-order valence-corrected chi connectivity index (χ2v) is 9.74. The largest absolute Gasteiger partial charge is 0.356 e. The standard InChI is InChI=1S/C22H23N5OS/c28-21-22(29-20-7-6-17(26(20)21)16-4-2-1-3-5-16)10-14-25(15-11-22)19-9-12-23-18-8-13-24-27(18)19/h1-5,8-9,12-13,17,20H,6-7,10-11,14-15H2/t17-,20+/m1/s1. The minimum absolute atomic E-state index is 0.238. The number of carbonyl (C=O) groups excluding carboxylic acids is 1. The maximum absolute atomic E-state index is 13.6. The van der Waals surface area contributed by atoms with Crippen LogP contribution in [0.3, 0.4) is 0 Å². The monoisotopic (exact) mass is 405 g/mol. The van der Waals surface area contributed by atoms with Crippen LogP contribution in [0.15, 0.2) is 54.9 Å². The van der Waals surface area contributed by atoms with E-state index >= 15 is 0 Å². The van der Waals surface area contributed by atoms with Crippen molar-refractivity contribution in [3.05, 3.63) is 60.4 Å². The number of thioether (sulfide) groups is 1. The van der Waals surface area contributed by atoms with Gasteiger partial charge in [0.1, 0.15) is 10.6 Å². The maximum atomic E-state index is 13.6. The molecule has 3 fully saturated rings. The maximum Gasteiger partial charge on any atom is 0.240 e. The Hall–Kier alpha value is -2.54. The van der Waals surface area contributed by atoms with Crippen LogP contribution in [-0.4, -0.2) is 48.6 Å². The summed E-state index contributed by atoms with van der Waals surface area (Å²) in [5.74, 6) is 1.42. The molecule has 5 heterocycles. The lowest BCUT2D eigenvalue weighted by Gasteiger charge is -2.38. The number of benzene rings is 1. The number of anilines is 1. The zero-order valence-corrected chi connectivity index (χ0v) is 17.0. The Morgan fingerprint density at radius 1 is 1.00 bits per heavy atom. The van der Waals surface area contributed by atoms with Gasteiger partial charge in [0.15, 0.2) is 5.65 Å². The first kappa shape index (κ1) is 17.3. The zero-order valence-electron chi connectivity index (χ0n) is 16.1. The van der Waals surface area contributed by atoms with E-state index in [1.54, 1.807) is 6.20 Å². The van der Waals surface area contributed by atoms with Crippen LogP contribution in [0.4, 0.5) is 5.82 Å². The Labute approximate surface area is 173 Å². The number of rotatable bonds is 2. The van der Waals surface area contributed by atoms with Crippen molar-refractivity contribution in [3.8, 4) is 0 Å². The molecule has 3 aliphatic rings. The van der Waals surface area contributed by atoms with Crippen LogP contribution in [0.25, 0.3) is 5.65 Å². The molecule has 3 saturated heterocycles. The lowest BCUT2D eigenvalue weighted by Crippen LogP contribution is -2.48. The number of hydrogen-bond acceptors (Lipinski definition) is 5. The first-order chi connectivity index (χ1) is 14.3. The van der Waals surface area contributed by atoms with Gasteiger partial charge in [-0.3, -0.25) is 4.79 Å². The summed E-state index contributed by atoms with van der Waals surface area (Å²) in [6.07, 6.45) is 7.56. The van der Waals surface area contributed by atoms with Crippen molar-refractivity contribution in [2.45, 2.75) is 41.8 Å². The molecule has 7 heteroatoms. The van der Waals surface area contributed by atoms with Crippen molar-refractivity contribution in [2.75, 3.05) is 18.0 Å². The molecule has 3 aromatic rings. The van der Waals surface area contributed by atoms with E-state index in [0.717, 1.165) is 50.2 Å². The highest BCUT2D eigenvalue weighted by molar-refractivity contribution is 8.02. The SMILES string of the molecule is O=C1N2[C@H](CC[C@@H]2c2ccccc2)SC12CCN(c1ccnc3ccnn13)CC2. The van der Waals surface area contributed by atoms with Crippen LogP contribution in [0.2, 0.25) is 0 Å². The molecule has 2 aromatic heterocycles. The Bertz CT molecular complexity index is 1060. The molecule has 2 atom stereocenters. The van der Waals surface area contributed by atoms with Crippen LogP contribution >= 0.6 is 11.8 Å². The Morgan fingerprint density at radius 2 is 1.83 bits per heavy atom. The summed E-state index contributed by atoms with van der Waals surface area (Å²) in [6, 6.07) is 14.7. The molecule has 0 saturated carbocycles. The highest BCUT2D eigenvalue weighted by atomic mass is 32.2. The predicted molar refractivity (Wildman–Crippen MR) is 114 cm³/mol. The van der Waals surface area contributed by atoms with E-state index in [1.165, 1.54) is 5.56 Å². The van der Waals surface area contributed by atoms with Gasteiger partial charge in [0.25, 0.3) is 0 Å². The van der Waals surface area contributed by atoms with Gasteiger partial charge in [-0.05, 0) is 37.3 Å². The van der Waals surface area contributed by atoms with Crippen LogP contribution in [0.1, 0.15) is 37.3 Å². The summed E-state index contributed by atoms with van der Waals surface area (Å²) < 4.78 is 1.64. The van der Waals surface area contributed by atoms with Crippen molar-refractivity contribution < 1.29 is 4.79 Å². The van der Waals surface area contributed by atoms with Crippen LogP contribution in [0.5, 0.6) is 0 Å². The van der Waals surface area contributed by atoms with Gasteiger partial charge < -0.3 is 9.80 Å². The van der Waals surface area contributed by atoms with E-state index < -0.39 is 0 Å². The molecule has 0 N–H and O–H groups in total. The molecule has 6 nitrogen and oxygen atoms in total. The summed E-state index contributed by atoms with van der Waals surface area (Å²) in [5, 5.41) is 4.75. The van der Waals surface area contributed by atoms with Crippen LogP contribution in [0, 0.1) is 0 Å². The third-order valence-corrected chi connectivity index (χ3v) is 8.44. The van der Waals surface area contributed by atoms with E-state index in [2.05, 4.69) is 44.1 Å². The summed E-state index contributed by atoms with van der Waals surface area (Å²) in [5.41, 5.74) is 2.14. The summed E-state index contributed by atoms with van der Waals surface area (Å²) in [4.78, 5) is 22.5. The fourth-order valence-corrected chi connectivity index (χ4v) is 6.96. The number of nitrogens with zero attached hydrogens (tertiary/aromatic N) is 5. The van der Waals surface area contributed by atoms with E-state index in [-0.39, 0.29) is 10.8 Å². The van der Waals surface area contributed by atoms with Gasteiger partial charge in [0, 0.05) is 25.4 Å². The van der Waals surface area contributed by atoms with Gasteiger partial charge in [-0.25, -0.2) is 4.98 Å². The fourth-order valence-electron chi connectivity index (χ4n) is 5.21. The predicted octanol–water partition coefficient (Wildman–Crippen LogP) is 3.50. The molecule has 6 rings (SSSR count). The third kappa shape index (κ3) is 2.60. The van der Waals surface area contributed by atoms with E-state index in [0.29, 0.717) is 11.3 Å². The van der Waals surface area contributed by atoms with Gasteiger partial charge in [0.2, 0.25) is 5.91 Å². The van der Waals surface area contributed by atoms with Gasteiger partial charge >= 0.3 is 0 Å². The minimum atomic E-state index is -0.259. The molecular weight excluding hydrogens is 382 g/mol. The second kappa shape index (κ2) is 6.49. The summed E-state index contributed by atoms with van der Waals surface area (Å²) >= 11 is 1.93. The molecule has 1 aromatic carbocycles. The number of aromatic nitrogens is 3. The number of piperidine rings is 1. The van der Waals surface area contributed by atoms with Gasteiger partial charge in [0.05, 0.1) is 17.6 Å². The Kier molecular flexibility index (Phi) is 3.88. The molecule has 0 radical (unpaired) electrons. The average Bonchev–Trinajstić information content (AvgIpc) is 3.46. The fraction of sp³-hybridized carbons (Fsp3) is 0.409. The molecule has 3 aliphatic heterocycles. The molecule has 0 unspecified atom stereocenters. The highest BCUT2D eigenvalue weighted by Gasteiger charge is 2.57. The van der Waals surface area contributed by atoms with Gasteiger partial charge in [-0.1, -0.05) is 30.3 Å². The van der Waals surface area contributed by atoms with Gasteiger partial charge in [-0.2, -0.15) is 9.61 Å². The molecule has 29 heavy (non-hydrogen) atoms. The lowest BCUT2D eigenvalue weighted by molar-refractivity contribution is -0.134. The number of fused-ring (bicyclic) bond motifs is 2. The Morgan fingerprint density at radius 3 is 2.66 bits per heavy atom. The van der Waals surface area contributed by atoms with E-state index in [4.69, 9.17) is 0 Å². The second-order valence-electron chi connectivity index (χ2n) is 8.17. The topological polar surface area (TPSA) is 53.7 Å². The summed E-state index contributed by atoms with van der Waals surface area (Å²) in [6.45, 7) is 1.74. The Balaban J connectivity index is 1.23. The molecule has 148 valence electrons. The molecule has 1 spiro atoms. The van der Waals surface area contributed by atoms with E-state index in [9.17, 15) is 4.79 Å². The molecule has 0 aliphatic carbocycles. The number of carbonyl (C=O) groups is 1. The third-order valence-electron chi connectivity index (χ3n) is 6.67. The van der Waals surface area contributed by atoms with Crippen molar-refractivity contribution in [1.29, 1.82) is 0 Å². The van der Waals surface area contributed by atoms with E-state index in [1.807, 2.05) is 40.7 Å². The highest BCUT2D eigenvalue weighted by Crippen LogP contribution is 2.55. The normalized spacial score (nSPS) is 25.9. The molecular formula is C22H23N5OS. The quantitative estimate of drug-likeness (QED) is 0.653. The van der Waals surface area contributed by atoms with Crippen molar-refractivity contribution >= 4 is 29.1 Å². The smallest absolute Gasteiger partial charge is 0.240 e. The number of amides is 1. The minimum Gasteiger partial charge on any atom is -0.356 e. The van der Waals surface area contributed by atoms with Gasteiger partial charge in [-0.15, -0.1) is 11.8 Å². The first-order valence-corrected chi connectivity index (χ1v) is 11.2. The van der Waals surface area contributed by atoms with Crippen molar-refractivity contribution in [1.82, 2.24) is 19.5 Å². The first-order valence-electron chi connectivity index (χ1n) is 10.3. The number of hydrogen-bond donors (Lipinski definition) is 0. The van der Waals surface area contributed by atoms with Crippen molar-refractivity contribution in [2.24, 2.45) is 0 Å². The van der Waals surface area contributed by atoms with Crippen LogP contribution < -0.4 is 4.90 Å². The van der Waals surface area contributed by atoms with Crippen LogP contribution in [-0.2, 0) is 4.79 Å². The van der Waals surface area contributed by atoms with Crippen molar-refractivity contribution in [3.63, 3.8) is 0 Å². The molecule has 0 bridgehead atoms. The molecule has 1 amide bonds. The summed E-state index contributed by atoms with van der Waals surface area (Å²) in [7, 11) is 0. The zero-order chi connectivity index (χ0) is 19.4. The average molecular weight is 406 g/mol. The lowest BCUT2D eigenvalue weighted by atomic mass is 9.93.